The summed E-state index contributed by atoms with van der Waals surface area (Å²) < 4.78 is 4.95. The van der Waals surface area contributed by atoms with Crippen LogP contribution in [0.25, 0.3) is 93.1 Å². The van der Waals surface area contributed by atoms with Crippen molar-refractivity contribution in [2.24, 2.45) is 0 Å². The lowest BCUT2D eigenvalue weighted by Crippen LogP contribution is -2.10. The molecule has 0 bridgehead atoms. The maximum atomic E-state index is 5.04. The van der Waals surface area contributed by atoms with Crippen molar-refractivity contribution in [2.45, 2.75) is 26.2 Å². The number of nitrogens with zero attached hydrogens (tertiary/aromatic N) is 5. The van der Waals surface area contributed by atoms with E-state index < -0.39 is 0 Å². The smallest absolute Gasteiger partial charge is 0.182 e. The van der Waals surface area contributed by atoms with E-state index >= 15 is 0 Å². The standard InChI is InChI=1S/C48H35N5S/c1-48(2,3)34-21-17-31(18-22-34)46-50-45(30-11-5-4-6-12-30)51-47(52-46)40-29-35(25-26-49-40)53-41-15-9-7-13-36(41)37-23-19-33(28-42(37)53)32-20-24-44-39(27-32)38-14-8-10-16-43(38)54-44/h4-29H,1-3H3. The zero-order valence-electron chi connectivity index (χ0n) is 30.2. The molecular weight excluding hydrogens is 679 g/mol. The fourth-order valence-electron chi connectivity index (χ4n) is 7.47. The predicted octanol–water partition coefficient (Wildman–Crippen LogP) is 12.7. The van der Waals surface area contributed by atoms with E-state index in [4.69, 9.17) is 19.9 Å². The number of pyridine rings is 1. The van der Waals surface area contributed by atoms with Gasteiger partial charge in [-0.1, -0.05) is 130 Å². The average molecular weight is 714 g/mol. The molecule has 0 aliphatic heterocycles. The molecule has 6 heteroatoms. The van der Waals surface area contributed by atoms with Crippen molar-refractivity contribution in [3.05, 3.63) is 163 Å². The third-order valence-corrected chi connectivity index (χ3v) is 11.4. The summed E-state index contributed by atoms with van der Waals surface area (Å²) in [6.45, 7) is 6.66. The topological polar surface area (TPSA) is 56.5 Å². The van der Waals surface area contributed by atoms with Gasteiger partial charge in [0.2, 0.25) is 0 Å². The molecule has 0 N–H and O–H groups in total. The van der Waals surface area contributed by atoms with Crippen molar-refractivity contribution in [1.82, 2.24) is 24.5 Å². The van der Waals surface area contributed by atoms with Crippen molar-refractivity contribution in [3.8, 4) is 51.1 Å². The van der Waals surface area contributed by atoms with Crippen LogP contribution in [-0.4, -0.2) is 24.5 Å². The molecular formula is C48H35N5S. The zero-order valence-corrected chi connectivity index (χ0v) is 31.0. The lowest BCUT2D eigenvalue weighted by molar-refractivity contribution is 0.590. The van der Waals surface area contributed by atoms with Gasteiger partial charge >= 0.3 is 0 Å². The SMILES string of the molecule is CC(C)(C)c1ccc(-c2nc(-c3ccccc3)nc(-c3cc(-n4c5ccccc5c5ccc(-c6ccc7sc8ccccc8c7c6)cc54)ccn3)n2)cc1. The highest BCUT2D eigenvalue weighted by Gasteiger charge is 2.19. The number of fused-ring (bicyclic) bond motifs is 6. The van der Waals surface area contributed by atoms with Crippen molar-refractivity contribution in [1.29, 1.82) is 0 Å². The average Bonchev–Trinajstić information content (AvgIpc) is 3.76. The monoisotopic (exact) mass is 713 g/mol. The van der Waals surface area contributed by atoms with Crippen LogP contribution in [0.2, 0.25) is 0 Å². The molecule has 0 saturated heterocycles. The van der Waals surface area contributed by atoms with E-state index in [0.29, 0.717) is 23.2 Å². The first-order chi connectivity index (χ1) is 26.4. The van der Waals surface area contributed by atoms with Gasteiger partial charge in [0.1, 0.15) is 5.69 Å². The quantitative estimate of drug-likeness (QED) is 0.178. The summed E-state index contributed by atoms with van der Waals surface area (Å²) in [4.78, 5) is 19.9. The molecule has 5 nitrogen and oxygen atoms in total. The molecule has 10 rings (SSSR count). The highest BCUT2D eigenvalue weighted by atomic mass is 32.1. The van der Waals surface area contributed by atoms with Crippen molar-refractivity contribution in [2.75, 3.05) is 0 Å². The minimum atomic E-state index is 0.0441. The van der Waals surface area contributed by atoms with Gasteiger partial charge in [-0.2, -0.15) is 0 Å². The fraction of sp³-hybridized carbons (Fsp3) is 0.0833. The van der Waals surface area contributed by atoms with Gasteiger partial charge in [-0.05, 0) is 64.6 Å². The van der Waals surface area contributed by atoms with Crippen LogP contribution in [0.3, 0.4) is 0 Å². The van der Waals surface area contributed by atoms with Crippen molar-refractivity contribution in [3.63, 3.8) is 0 Å². The Morgan fingerprint density at radius 1 is 0.463 bits per heavy atom. The molecule has 0 atom stereocenters. The van der Waals surface area contributed by atoms with Crippen LogP contribution in [-0.2, 0) is 5.41 Å². The van der Waals surface area contributed by atoms with Gasteiger partial charge in [-0.3, -0.25) is 4.98 Å². The molecule has 54 heavy (non-hydrogen) atoms. The molecule has 10 aromatic rings. The van der Waals surface area contributed by atoms with Crippen LogP contribution >= 0.6 is 11.3 Å². The minimum absolute atomic E-state index is 0.0441. The van der Waals surface area contributed by atoms with E-state index in [-0.39, 0.29) is 5.41 Å². The Hall–Kier alpha value is -6.50. The van der Waals surface area contributed by atoms with E-state index in [2.05, 4.69) is 147 Å². The summed E-state index contributed by atoms with van der Waals surface area (Å²) in [5.74, 6) is 1.75. The van der Waals surface area contributed by atoms with E-state index in [1.165, 1.54) is 47.6 Å². The van der Waals surface area contributed by atoms with Gasteiger partial charge in [0, 0.05) is 54.0 Å². The van der Waals surface area contributed by atoms with Crippen molar-refractivity contribution < 1.29 is 0 Å². The second kappa shape index (κ2) is 12.6. The molecule has 0 unspecified atom stereocenters. The Bertz CT molecular complexity index is 3020. The Morgan fingerprint density at radius 2 is 1.07 bits per heavy atom. The van der Waals surface area contributed by atoms with E-state index in [1.807, 2.05) is 47.9 Å². The van der Waals surface area contributed by atoms with E-state index in [9.17, 15) is 0 Å². The lowest BCUT2D eigenvalue weighted by Gasteiger charge is -2.19. The van der Waals surface area contributed by atoms with Crippen LogP contribution < -0.4 is 0 Å². The molecule has 0 fully saturated rings. The molecule has 0 aliphatic carbocycles. The summed E-state index contributed by atoms with van der Waals surface area (Å²) >= 11 is 1.85. The molecule has 0 radical (unpaired) electrons. The largest absolute Gasteiger partial charge is 0.309 e. The molecule has 0 aliphatic rings. The predicted molar refractivity (Wildman–Crippen MR) is 225 cm³/mol. The second-order valence-corrected chi connectivity index (χ2v) is 15.9. The highest BCUT2D eigenvalue weighted by Crippen LogP contribution is 2.39. The Kier molecular flexibility index (Phi) is 7.49. The summed E-state index contributed by atoms with van der Waals surface area (Å²) in [5, 5.41) is 4.99. The number of hydrogen-bond donors (Lipinski definition) is 0. The van der Waals surface area contributed by atoms with Crippen LogP contribution in [0.1, 0.15) is 26.3 Å². The number of rotatable bonds is 5. The van der Waals surface area contributed by atoms with Gasteiger partial charge in [0.05, 0.1) is 11.0 Å². The van der Waals surface area contributed by atoms with Crippen LogP contribution in [0, 0.1) is 0 Å². The maximum absolute atomic E-state index is 5.04. The number of thiophene rings is 1. The second-order valence-electron chi connectivity index (χ2n) is 14.8. The molecule has 4 aromatic heterocycles. The van der Waals surface area contributed by atoms with E-state index in [1.54, 1.807) is 0 Å². The van der Waals surface area contributed by atoms with Gasteiger partial charge in [-0.15, -0.1) is 11.3 Å². The van der Waals surface area contributed by atoms with Gasteiger partial charge < -0.3 is 4.57 Å². The molecule has 0 amide bonds. The first kappa shape index (κ1) is 32.2. The van der Waals surface area contributed by atoms with E-state index in [0.717, 1.165) is 27.8 Å². The molecule has 258 valence electrons. The highest BCUT2D eigenvalue weighted by molar-refractivity contribution is 7.25. The van der Waals surface area contributed by atoms with Crippen LogP contribution in [0.5, 0.6) is 0 Å². The minimum Gasteiger partial charge on any atom is -0.309 e. The number of hydrogen-bond acceptors (Lipinski definition) is 5. The van der Waals surface area contributed by atoms with Gasteiger partial charge in [-0.25, -0.2) is 15.0 Å². The fourth-order valence-corrected chi connectivity index (χ4v) is 8.56. The Labute approximate surface area is 317 Å². The normalized spacial score (nSPS) is 12.0. The number of benzene rings is 6. The zero-order chi connectivity index (χ0) is 36.4. The summed E-state index contributed by atoms with van der Waals surface area (Å²) in [5.41, 5.74) is 9.44. The third-order valence-electron chi connectivity index (χ3n) is 10.3. The summed E-state index contributed by atoms with van der Waals surface area (Å²) in [6, 6.07) is 53.7. The first-order valence-corrected chi connectivity index (χ1v) is 19.0. The van der Waals surface area contributed by atoms with Crippen LogP contribution in [0.15, 0.2) is 158 Å². The molecule has 0 spiro atoms. The van der Waals surface area contributed by atoms with Gasteiger partial charge in [0.25, 0.3) is 0 Å². The maximum Gasteiger partial charge on any atom is 0.182 e. The van der Waals surface area contributed by atoms with Gasteiger partial charge in [0.15, 0.2) is 17.5 Å². The molecule has 0 saturated carbocycles. The Balaban J connectivity index is 1.13. The first-order valence-electron chi connectivity index (χ1n) is 18.2. The van der Waals surface area contributed by atoms with Crippen LogP contribution in [0.4, 0.5) is 0 Å². The summed E-state index contributed by atoms with van der Waals surface area (Å²) in [6.07, 6.45) is 1.86. The summed E-state index contributed by atoms with van der Waals surface area (Å²) in [7, 11) is 0. The third kappa shape index (κ3) is 5.54. The number of aromatic nitrogens is 5. The molecule has 6 aromatic carbocycles. The Morgan fingerprint density at radius 3 is 1.87 bits per heavy atom. The number of para-hydroxylation sites is 1. The van der Waals surface area contributed by atoms with Crippen molar-refractivity contribution >= 4 is 53.3 Å². The molecule has 4 heterocycles. The lowest BCUT2D eigenvalue weighted by atomic mass is 9.87.